The molecule has 0 atom stereocenters. The van der Waals surface area contributed by atoms with Gasteiger partial charge < -0.3 is 15.6 Å². The summed E-state index contributed by atoms with van der Waals surface area (Å²) in [5, 5.41) is 2.80. The fourth-order valence-corrected chi connectivity index (χ4v) is 2.17. The van der Waals surface area contributed by atoms with E-state index >= 15 is 0 Å². The van der Waals surface area contributed by atoms with Crippen molar-refractivity contribution >= 4 is 33.3 Å². The van der Waals surface area contributed by atoms with Gasteiger partial charge in [0.05, 0.1) is 11.9 Å². The molecule has 2 heterocycles. The maximum Gasteiger partial charge on any atom is 0.272 e. The molecule has 6 heteroatoms. The molecule has 5 nitrogen and oxygen atoms in total. The first-order valence-electron chi connectivity index (χ1n) is 5.87. The van der Waals surface area contributed by atoms with Crippen LogP contribution in [0.15, 0.2) is 35.1 Å². The molecule has 19 heavy (non-hydrogen) atoms. The molecule has 0 saturated heterocycles. The van der Waals surface area contributed by atoms with Gasteiger partial charge in [0.1, 0.15) is 11.5 Å². The molecular weight excluding hydrogens is 308 g/mol. The smallest absolute Gasteiger partial charge is 0.272 e. The second-order valence-corrected chi connectivity index (χ2v) is 5.39. The zero-order valence-corrected chi connectivity index (χ0v) is 12.3. The number of hydrogen-bond donors (Lipinski definition) is 2. The van der Waals surface area contributed by atoms with Crippen molar-refractivity contribution in [2.75, 3.05) is 11.1 Å². The highest BCUT2D eigenvalue weighted by Crippen LogP contribution is 2.20. The van der Waals surface area contributed by atoms with Crippen LogP contribution in [0.25, 0.3) is 0 Å². The largest absolute Gasteiger partial charge is 0.384 e. The molecule has 0 radical (unpaired) electrons. The Balaban J connectivity index is 2.22. The zero-order chi connectivity index (χ0) is 14.0. The molecule has 2 aromatic rings. The predicted octanol–water partition coefficient (Wildman–Crippen LogP) is 3.06. The molecule has 0 aliphatic carbocycles. The van der Waals surface area contributed by atoms with Crippen molar-refractivity contribution < 1.29 is 4.79 Å². The van der Waals surface area contributed by atoms with Gasteiger partial charge in [0.25, 0.3) is 5.91 Å². The lowest BCUT2D eigenvalue weighted by atomic mass is 10.3. The number of anilines is 2. The first-order valence-corrected chi connectivity index (χ1v) is 6.67. The first-order chi connectivity index (χ1) is 8.97. The highest BCUT2D eigenvalue weighted by Gasteiger charge is 2.15. The summed E-state index contributed by atoms with van der Waals surface area (Å²) in [4.78, 5) is 16.2. The van der Waals surface area contributed by atoms with Crippen molar-refractivity contribution in [3.05, 3.63) is 40.8 Å². The molecule has 3 N–H and O–H groups in total. The van der Waals surface area contributed by atoms with Gasteiger partial charge >= 0.3 is 0 Å². The Bertz CT molecular complexity index is 589. The molecule has 2 rings (SSSR count). The van der Waals surface area contributed by atoms with Crippen LogP contribution in [0, 0.1) is 0 Å². The van der Waals surface area contributed by atoms with Gasteiger partial charge in [0.15, 0.2) is 0 Å². The maximum atomic E-state index is 12.2. The molecule has 0 fully saturated rings. The number of hydrogen-bond acceptors (Lipinski definition) is 3. The standard InChI is InChI=1S/C13H15BrN4O/c1-8(2)18-7-9(14)5-11(18)13(19)17-10-3-4-12(15)16-6-10/h3-8H,1-2H3,(H2,15,16)(H,17,19). The molecule has 0 unspecified atom stereocenters. The van der Waals surface area contributed by atoms with Gasteiger partial charge in [-0.25, -0.2) is 4.98 Å². The normalized spacial score (nSPS) is 10.7. The minimum absolute atomic E-state index is 0.175. The van der Waals surface area contributed by atoms with Crippen molar-refractivity contribution in [3.8, 4) is 0 Å². The molecule has 100 valence electrons. The lowest BCUT2D eigenvalue weighted by Gasteiger charge is -2.12. The number of nitrogens with one attached hydrogen (secondary N) is 1. The summed E-state index contributed by atoms with van der Waals surface area (Å²) in [5.41, 5.74) is 6.72. The van der Waals surface area contributed by atoms with Crippen molar-refractivity contribution in [1.82, 2.24) is 9.55 Å². The summed E-state index contributed by atoms with van der Waals surface area (Å²) in [6.45, 7) is 4.04. The zero-order valence-electron chi connectivity index (χ0n) is 10.7. The molecule has 0 saturated carbocycles. The Morgan fingerprint density at radius 2 is 2.21 bits per heavy atom. The Hall–Kier alpha value is -1.82. The van der Waals surface area contributed by atoms with Crippen LogP contribution in [0.5, 0.6) is 0 Å². The Morgan fingerprint density at radius 1 is 1.47 bits per heavy atom. The van der Waals surface area contributed by atoms with Crippen molar-refractivity contribution in [2.45, 2.75) is 19.9 Å². The average molecular weight is 323 g/mol. The fourth-order valence-electron chi connectivity index (χ4n) is 1.73. The van der Waals surface area contributed by atoms with Crippen molar-refractivity contribution in [3.63, 3.8) is 0 Å². The third kappa shape index (κ3) is 3.14. The van der Waals surface area contributed by atoms with E-state index in [1.807, 2.05) is 24.6 Å². The quantitative estimate of drug-likeness (QED) is 0.912. The van der Waals surface area contributed by atoms with Crippen LogP contribution in [0.4, 0.5) is 11.5 Å². The number of rotatable bonds is 3. The number of carbonyl (C=O) groups excluding carboxylic acids is 1. The van der Waals surface area contributed by atoms with Crippen LogP contribution in [0.2, 0.25) is 0 Å². The summed E-state index contributed by atoms with van der Waals surface area (Å²) < 4.78 is 2.78. The van der Waals surface area contributed by atoms with Crippen LogP contribution in [0.1, 0.15) is 30.4 Å². The Kier molecular flexibility index (Phi) is 3.90. The van der Waals surface area contributed by atoms with Gasteiger partial charge in [-0.15, -0.1) is 0 Å². The Labute approximate surface area is 120 Å². The van der Waals surface area contributed by atoms with E-state index < -0.39 is 0 Å². The van der Waals surface area contributed by atoms with Crippen molar-refractivity contribution in [1.29, 1.82) is 0 Å². The van der Waals surface area contributed by atoms with Gasteiger partial charge in [0, 0.05) is 16.7 Å². The van der Waals surface area contributed by atoms with Crippen LogP contribution < -0.4 is 11.1 Å². The highest BCUT2D eigenvalue weighted by atomic mass is 79.9. The van der Waals surface area contributed by atoms with E-state index in [0.29, 0.717) is 17.2 Å². The van der Waals surface area contributed by atoms with Crippen LogP contribution in [0.3, 0.4) is 0 Å². The third-order valence-corrected chi connectivity index (χ3v) is 3.08. The monoisotopic (exact) mass is 322 g/mol. The lowest BCUT2D eigenvalue weighted by molar-refractivity contribution is 0.101. The van der Waals surface area contributed by atoms with E-state index in [-0.39, 0.29) is 11.9 Å². The van der Waals surface area contributed by atoms with E-state index in [1.54, 1.807) is 18.2 Å². The number of nitrogens with two attached hydrogens (primary N) is 1. The number of nitrogens with zero attached hydrogens (tertiary/aromatic N) is 2. The number of aromatic nitrogens is 2. The topological polar surface area (TPSA) is 72.9 Å². The van der Waals surface area contributed by atoms with Crippen LogP contribution in [-0.4, -0.2) is 15.5 Å². The van der Waals surface area contributed by atoms with Gasteiger partial charge in [-0.2, -0.15) is 0 Å². The van der Waals surface area contributed by atoms with Crippen LogP contribution >= 0.6 is 15.9 Å². The third-order valence-electron chi connectivity index (χ3n) is 2.65. The SMILES string of the molecule is CC(C)n1cc(Br)cc1C(=O)Nc1ccc(N)nc1. The second kappa shape index (κ2) is 5.44. The fraction of sp³-hybridized carbons (Fsp3) is 0.231. The molecule has 2 aromatic heterocycles. The average Bonchev–Trinajstić information content (AvgIpc) is 2.74. The maximum absolute atomic E-state index is 12.2. The molecular formula is C13H15BrN4O. The van der Waals surface area contributed by atoms with E-state index in [9.17, 15) is 4.79 Å². The minimum atomic E-state index is -0.175. The van der Waals surface area contributed by atoms with E-state index in [0.717, 1.165) is 4.47 Å². The predicted molar refractivity (Wildman–Crippen MR) is 79.1 cm³/mol. The lowest BCUT2D eigenvalue weighted by Crippen LogP contribution is -2.17. The Morgan fingerprint density at radius 3 is 2.79 bits per heavy atom. The van der Waals surface area contributed by atoms with E-state index in [4.69, 9.17) is 5.73 Å². The number of carbonyl (C=O) groups is 1. The van der Waals surface area contributed by atoms with Gasteiger partial charge in [-0.3, -0.25) is 4.79 Å². The molecule has 0 aromatic carbocycles. The van der Waals surface area contributed by atoms with Gasteiger partial charge in [-0.1, -0.05) is 0 Å². The molecule has 0 spiro atoms. The summed E-state index contributed by atoms with van der Waals surface area (Å²) in [6, 6.07) is 5.36. The number of halogens is 1. The van der Waals surface area contributed by atoms with Crippen molar-refractivity contribution in [2.24, 2.45) is 0 Å². The highest BCUT2D eigenvalue weighted by molar-refractivity contribution is 9.10. The number of pyridine rings is 1. The second-order valence-electron chi connectivity index (χ2n) is 4.47. The first kappa shape index (κ1) is 13.6. The summed E-state index contributed by atoms with van der Waals surface area (Å²) in [6.07, 6.45) is 3.42. The molecule has 0 aliphatic rings. The summed E-state index contributed by atoms with van der Waals surface area (Å²) >= 11 is 3.38. The molecule has 0 bridgehead atoms. The summed E-state index contributed by atoms with van der Waals surface area (Å²) in [5.74, 6) is 0.247. The van der Waals surface area contributed by atoms with E-state index in [2.05, 4.69) is 26.2 Å². The number of amides is 1. The van der Waals surface area contributed by atoms with Gasteiger partial charge in [0.2, 0.25) is 0 Å². The molecule has 1 amide bonds. The minimum Gasteiger partial charge on any atom is -0.384 e. The number of nitrogen functional groups attached to an aromatic ring is 1. The van der Waals surface area contributed by atoms with E-state index in [1.165, 1.54) is 6.20 Å². The van der Waals surface area contributed by atoms with Gasteiger partial charge in [-0.05, 0) is 48.0 Å². The molecule has 0 aliphatic heterocycles. The van der Waals surface area contributed by atoms with Crippen LogP contribution in [-0.2, 0) is 0 Å². The summed E-state index contributed by atoms with van der Waals surface area (Å²) in [7, 11) is 0.